The fraction of sp³-hybridized carbons (Fsp3) is 0.250. The second-order valence-corrected chi connectivity index (χ2v) is 4.85. The molecule has 4 heteroatoms. The molecule has 0 saturated carbocycles. The van der Waals surface area contributed by atoms with Crippen molar-refractivity contribution in [3.05, 3.63) is 46.5 Å². The Labute approximate surface area is 117 Å². The number of hydrogen-bond donors (Lipinski definition) is 1. The zero-order valence-corrected chi connectivity index (χ0v) is 11.7. The maximum absolute atomic E-state index is 12.2. The van der Waals surface area contributed by atoms with Crippen LogP contribution in [0.2, 0.25) is 0 Å². The fourth-order valence-corrected chi connectivity index (χ4v) is 2.15. The number of benzene rings is 1. The predicted octanol–water partition coefficient (Wildman–Crippen LogP) is 3.09. The van der Waals surface area contributed by atoms with Crippen LogP contribution in [0, 0.1) is 0 Å². The normalized spacial score (nSPS) is 14.2. The number of fused-ring (bicyclic) bond motifs is 1. The van der Waals surface area contributed by atoms with Gasteiger partial charge < -0.3 is 9.84 Å². The van der Waals surface area contributed by atoms with Gasteiger partial charge in [-0.05, 0) is 26.3 Å². The molecular weight excluding hydrogens is 256 g/mol. The first-order chi connectivity index (χ1) is 9.47. The van der Waals surface area contributed by atoms with Crippen LogP contribution in [0.4, 0.5) is 0 Å². The zero-order valence-electron chi connectivity index (χ0n) is 11.7. The van der Waals surface area contributed by atoms with E-state index < -0.39 is 11.6 Å². The van der Waals surface area contributed by atoms with E-state index in [1.807, 2.05) is 19.9 Å². The lowest BCUT2D eigenvalue weighted by Crippen LogP contribution is -2.24. The average Bonchev–Trinajstić information content (AvgIpc) is 2.43. The number of methoxy groups -OCH3 is 1. The smallest absolute Gasteiger partial charge is 0.237 e. The molecule has 0 unspecified atom stereocenters. The molecular formula is C16H16O4. The standard InChI is InChI=1S/C16H16O4/c1-9(2)7-8-11-14(17)10-5-4-6-12(20-3)13(10)16(19)15(11)18/h4-7,17H,8H2,1-3H3. The zero-order chi connectivity index (χ0) is 14.9. The molecule has 0 amide bonds. The number of ether oxygens (including phenoxy) is 1. The van der Waals surface area contributed by atoms with Crippen molar-refractivity contribution in [1.29, 1.82) is 0 Å². The van der Waals surface area contributed by atoms with Gasteiger partial charge in [0.2, 0.25) is 11.6 Å². The summed E-state index contributed by atoms with van der Waals surface area (Å²) in [4.78, 5) is 24.3. The number of ketones is 2. The van der Waals surface area contributed by atoms with E-state index in [1.165, 1.54) is 7.11 Å². The molecule has 0 fully saturated rings. The molecule has 1 aromatic carbocycles. The van der Waals surface area contributed by atoms with Crippen LogP contribution in [0.25, 0.3) is 5.76 Å². The number of aliphatic hydroxyl groups excluding tert-OH is 1. The summed E-state index contributed by atoms with van der Waals surface area (Å²) in [6.07, 6.45) is 2.05. The van der Waals surface area contributed by atoms with Crippen LogP contribution in [-0.2, 0) is 4.79 Å². The first kappa shape index (κ1) is 14.1. The monoisotopic (exact) mass is 272 g/mol. The Kier molecular flexibility index (Phi) is 3.74. The maximum atomic E-state index is 12.2. The molecule has 0 saturated heterocycles. The minimum atomic E-state index is -0.669. The first-order valence-electron chi connectivity index (χ1n) is 6.29. The van der Waals surface area contributed by atoms with E-state index >= 15 is 0 Å². The Morgan fingerprint density at radius 3 is 2.55 bits per heavy atom. The third kappa shape index (κ3) is 2.25. The van der Waals surface area contributed by atoms with Gasteiger partial charge in [0.25, 0.3) is 0 Å². The highest BCUT2D eigenvalue weighted by molar-refractivity contribution is 6.52. The molecule has 0 bridgehead atoms. The van der Waals surface area contributed by atoms with Gasteiger partial charge in [-0.3, -0.25) is 9.59 Å². The van der Waals surface area contributed by atoms with E-state index in [4.69, 9.17) is 4.74 Å². The second-order valence-electron chi connectivity index (χ2n) is 4.85. The Morgan fingerprint density at radius 2 is 1.95 bits per heavy atom. The molecule has 20 heavy (non-hydrogen) atoms. The highest BCUT2D eigenvalue weighted by atomic mass is 16.5. The van der Waals surface area contributed by atoms with Gasteiger partial charge in [-0.2, -0.15) is 0 Å². The van der Waals surface area contributed by atoms with E-state index in [1.54, 1.807) is 18.2 Å². The van der Waals surface area contributed by atoms with Crippen molar-refractivity contribution in [2.75, 3.05) is 7.11 Å². The number of carbonyl (C=O) groups is 2. The number of hydrogen-bond acceptors (Lipinski definition) is 4. The van der Waals surface area contributed by atoms with Crippen molar-refractivity contribution in [3.8, 4) is 5.75 Å². The average molecular weight is 272 g/mol. The van der Waals surface area contributed by atoms with Crippen LogP contribution in [-0.4, -0.2) is 23.8 Å². The van der Waals surface area contributed by atoms with Gasteiger partial charge in [-0.15, -0.1) is 0 Å². The number of aliphatic hydroxyl groups is 1. The topological polar surface area (TPSA) is 63.6 Å². The Hall–Kier alpha value is -2.36. The van der Waals surface area contributed by atoms with Crippen LogP contribution >= 0.6 is 0 Å². The maximum Gasteiger partial charge on any atom is 0.237 e. The molecule has 1 aliphatic carbocycles. The molecule has 4 nitrogen and oxygen atoms in total. The molecule has 0 radical (unpaired) electrons. The lowest BCUT2D eigenvalue weighted by atomic mass is 9.86. The lowest BCUT2D eigenvalue weighted by Gasteiger charge is -2.19. The molecule has 0 spiro atoms. The van der Waals surface area contributed by atoms with Gasteiger partial charge in [0, 0.05) is 11.1 Å². The van der Waals surface area contributed by atoms with Crippen LogP contribution < -0.4 is 4.74 Å². The van der Waals surface area contributed by atoms with Crippen LogP contribution in [0.3, 0.4) is 0 Å². The van der Waals surface area contributed by atoms with Crippen molar-refractivity contribution in [1.82, 2.24) is 0 Å². The number of allylic oxidation sites excluding steroid dienone is 3. The van der Waals surface area contributed by atoms with Crippen molar-refractivity contribution >= 4 is 17.3 Å². The summed E-state index contributed by atoms with van der Waals surface area (Å²) in [5.41, 5.74) is 1.64. The molecule has 0 atom stereocenters. The third-order valence-electron chi connectivity index (χ3n) is 3.21. The molecule has 1 N–H and O–H groups in total. The summed E-state index contributed by atoms with van der Waals surface area (Å²) in [5.74, 6) is -1.14. The van der Waals surface area contributed by atoms with Crippen molar-refractivity contribution in [2.24, 2.45) is 0 Å². The molecule has 1 aliphatic rings. The van der Waals surface area contributed by atoms with Gasteiger partial charge in [0.1, 0.15) is 11.5 Å². The lowest BCUT2D eigenvalue weighted by molar-refractivity contribution is -0.112. The largest absolute Gasteiger partial charge is 0.507 e. The van der Waals surface area contributed by atoms with Crippen molar-refractivity contribution in [2.45, 2.75) is 20.3 Å². The van der Waals surface area contributed by atoms with Gasteiger partial charge in [0.15, 0.2) is 0 Å². The molecule has 0 aliphatic heterocycles. The minimum Gasteiger partial charge on any atom is -0.507 e. The SMILES string of the molecule is COc1cccc2c1C(=O)C(=O)C(CC=C(C)C)=C2O. The Balaban J connectivity index is 2.62. The molecule has 1 aromatic rings. The summed E-state index contributed by atoms with van der Waals surface area (Å²) in [7, 11) is 1.42. The molecule has 104 valence electrons. The summed E-state index contributed by atoms with van der Waals surface area (Å²) in [6, 6.07) is 4.88. The summed E-state index contributed by atoms with van der Waals surface area (Å²) in [6.45, 7) is 3.79. The van der Waals surface area contributed by atoms with Crippen molar-refractivity contribution < 1.29 is 19.4 Å². The molecule has 0 aromatic heterocycles. The van der Waals surface area contributed by atoms with E-state index in [2.05, 4.69) is 0 Å². The Morgan fingerprint density at radius 1 is 1.25 bits per heavy atom. The Bertz CT molecular complexity index is 646. The highest BCUT2D eigenvalue weighted by Gasteiger charge is 2.34. The first-order valence-corrected chi connectivity index (χ1v) is 6.29. The van der Waals surface area contributed by atoms with Gasteiger partial charge >= 0.3 is 0 Å². The predicted molar refractivity (Wildman–Crippen MR) is 75.9 cm³/mol. The molecule has 2 rings (SSSR count). The van der Waals surface area contributed by atoms with Gasteiger partial charge in [0.05, 0.1) is 12.7 Å². The number of carbonyl (C=O) groups excluding carboxylic acids is 2. The van der Waals surface area contributed by atoms with Crippen molar-refractivity contribution in [3.63, 3.8) is 0 Å². The van der Waals surface area contributed by atoms with Gasteiger partial charge in [-0.25, -0.2) is 0 Å². The number of rotatable bonds is 3. The second kappa shape index (κ2) is 5.33. The minimum absolute atomic E-state index is 0.136. The van der Waals surface area contributed by atoms with E-state index in [0.29, 0.717) is 11.3 Å². The highest BCUT2D eigenvalue weighted by Crippen LogP contribution is 2.34. The molecule has 0 heterocycles. The number of Topliss-reactive ketones (excluding diaryl/α,β-unsaturated/α-hetero) is 2. The quantitative estimate of drug-likeness (QED) is 0.678. The fourth-order valence-electron chi connectivity index (χ4n) is 2.15. The summed E-state index contributed by atoms with van der Waals surface area (Å²) < 4.78 is 5.09. The van der Waals surface area contributed by atoms with Crippen LogP contribution in [0.1, 0.15) is 36.2 Å². The third-order valence-corrected chi connectivity index (χ3v) is 3.21. The van der Waals surface area contributed by atoms with Crippen LogP contribution in [0.5, 0.6) is 5.75 Å². The van der Waals surface area contributed by atoms with E-state index in [9.17, 15) is 14.7 Å². The van der Waals surface area contributed by atoms with Gasteiger partial charge in [-0.1, -0.05) is 23.8 Å². The summed E-state index contributed by atoms with van der Waals surface area (Å²) in [5, 5.41) is 10.3. The summed E-state index contributed by atoms with van der Waals surface area (Å²) >= 11 is 0. The van der Waals surface area contributed by atoms with E-state index in [-0.39, 0.29) is 23.3 Å². The van der Waals surface area contributed by atoms with Crippen LogP contribution in [0.15, 0.2) is 35.4 Å². The van der Waals surface area contributed by atoms with E-state index in [0.717, 1.165) is 5.57 Å².